The minimum atomic E-state index is -4.42. The molecule has 2 aliphatic carbocycles. The van der Waals surface area contributed by atoms with Crippen LogP contribution in [0.4, 0.5) is 5.69 Å². The molecule has 12 nitrogen and oxygen atoms in total. The minimum absolute atomic E-state index is 0.0126. The Morgan fingerprint density at radius 3 is 2.43 bits per heavy atom. The highest BCUT2D eigenvalue weighted by molar-refractivity contribution is 7.90. The molecule has 15 heteroatoms. The van der Waals surface area contributed by atoms with Crippen molar-refractivity contribution in [2.24, 2.45) is 17.3 Å². The lowest BCUT2D eigenvalue weighted by Crippen LogP contribution is -2.47. The fourth-order valence-corrected chi connectivity index (χ4v) is 10.5. The van der Waals surface area contributed by atoms with Crippen LogP contribution in [0.5, 0.6) is 17.4 Å². The van der Waals surface area contributed by atoms with E-state index in [-0.39, 0.29) is 44.4 Å². The fourth-order valence-electron chi connectivity index (χ4n) is 9.16. The molecule has 3 N–H and O–H groups in total. The second-order valence-electron chi connectivity index (χ2n) is 18.6. The molecule has 3 heterocycles. The summed E-state index contributed by atoms with van der Waals surface area (Å²) in [5.41, 5.74) is 5.30. The second kappa shape index (κ2) is 18.4. The number of rotatable bonds is 13. The highest BCUT2D eigenvalue weighted by Gasteiger charge is 2.33. The van der Waals surface area contributed by atoms with Crippen LogP contribution in [0, 0.1) is 17.3 Å². The Labute approximate surface area is 380 Å². The number of anilines is 1. The van der Waals surface area contributed by atoms with Gasteiger partial charge >= 0.3 is 0 Å². The molecule has 3 aliphatic rings. The fraction of sp³-hybridized carbons (Fsp3) is 0.438. The number of piperazine rings is 1. The van der Waals surface area contributed by atoms with Crippen molar-refractivity contribution >= 4 is 61.3 Å². The van der Waals surface area contributed by atoms with Crippen molar-refractivity contribution in [2.75, 3.05) is 44.2 Å². The first-order valence-corrected chi connectivity index (χ1v) is 24.0. The van der Waals surface area contributed by atoms with Crippen LogP contribution in [0.2, 0.25) is 10.0 Å². The van der Waals surface area contributed by atoms with Crippen LogP contribution in [-0.2, 0) is 10.0 Å². The predicted molar refractivity (Wildman–Crippen MR) is 248 cm³/mol. The smallest absolute Gasteiger partial charge is 0.268 e. The summed E-state index contributed by atoms with van der Waals surface area (Å²) < 4.78 is 41.9. The van der Waals surface area contributed by atoms with Gasteiger partial charge in [0.2, 0.25) is 5.88 Å². The lowest BCUT2D eigenvalue weighted by molar-refractivity contribution is -0.00912. The van der Waals surface area contributed by atoms with Gasteiger partial charge in [-0.2, -0.15) is 5.10 Å². The van der Waals surface area contributed by atoms with Crippen molar-refractivity contribution in [3.63, 3.8) is 0 Å². The summed E-state index contributed by atoms with van der Waals surface area (Å²) >= 11 is 12.8. The Kier molecular flexibility index (Phi) is 13.2. The first kappa shape index (κ1) is 44.9. The van der Waals surface area contributed by atoms with Crippen molar-refractivity contribution in [3.05, 3.63) is 106 Å². The average Bonchev–Trinajstić information content (AvgIpc) is 3.74. The van der Waals surface area contributed by atoms with Crippen LogP contribution < -0.4 is 19.1 Å². The highest BCUT2D eigenvalue weighted by Crippen LogP contribution is 2.44. The zero-order valence-electron chi connectivity index (χ0n) is 36.3. The number of nitrogens with one attached hydrogen (secondary N) is 2. The molecule has 1 saturated heterocycles. The van der Waals surface area contributed by atoms with E-state index >= 15 is 0 Å². The summed E-state index contributed by atoms with van der Waals surface area (Å²) in [7, 11) is -4.42. The van der Waals surface area contributed by atoms with E-state index in [1.54, 1.807) is 24.4 Å². The second-order valence-corrected chi connectivity index (χ2v) is 21.2. The minimum Gasteiger partial charge on any atom is -0.476 e. The van der Waals surface area contributed by atoms with E-state index in [9.17, 15) is 18.3 Å². The molecule has 1 saturated carbocycles. The molecule has 2 fully saturated rings. The third-order valence-corrected chi connectivity index (χ3v) is 14.8. The molecular weight excluding hydrogens is 860 g/mol. The topological polar surface area (TPSA) is 150 Å². The lowest BCUT2D eigenvalue weighted by Gasteiger charge is -2.39. The van der Waals surface area contributed by atoms with Crippen LogP contribution in [-0.4, -0.2) is 84.4 Å². The van der Waals surface area contributed by atoms with Crippen molar-refractivity contribution in [1.29, 1.82) is 0 Å². The number of carbonyl (C=O) groups is 1. The van der Waals surface area contributed by atoms with Crippen molar-refractivity contribution < 1.29 is 27.8 Å². The summed E-state index contributed by atoms with van der Waals surface area (Å²) in [6.45, 7) is 12.9. The molecule has 3 aromatic carbocycles. The number of halogens is 2. The number of hydrogen-bond acceptors (Lipinski definition) is 10. The van der Waals surface area contributed by atoms with Crippen LogP contribution in [0.1, 0.15) is 88.6 Å². The summed E-state index contributed by atoms with van der Waals surface area (Å²) in [6, 6.07) is 20.1. The Bertz CT molecular complexity index is 2590. The summed E-state index contributed by atoms with van der Waals surface area (Å²) in [5.74, 6) is 0.392. The Morgan fingerprint density at radius 1 is 0.968 bits per heavy atom. The van der Waals surface area contributed by atoms with Crippen LogP contribution in [0.25, 0.3) is 16.5 Å². The van der Waals surface area contributed by atoms with Crippen molar-refractivity contribution in [2.45, 2.75) is 83.1 Å². The molecule has 1 amide bonds. The molecule has 0 spiro atoms. The molecule has 0 unspecified atom stereocenters. The molecule has 0 atom stereocenters. The lowest BCUT2D eigenvalue weighted by atomic mass is 9.72. The number of ether oxygens (including phenoxy) is 2. The van der Waals surface area contributed by atoms with Gasteiger partial charge in [-0.1, -0.05) is 60.8 Å². The van der Waals surface area contributed by atoms with Gasteiger partial charge in [-0.05, 0) is 130 Å². The molecule has 5 aromatic rings. The van der Waals surface area contributed by atoms with Gasteiger partial charge in [-0.15, -0.1) is 0 Å². The van der Waals surface area contributed by atoms with Crippen LogP contribution in [0.15, 0.2) is 89.6 Å². The number of benzene rings is 3. The maximum atomic E-state index is 14.0. The number of nitrogens with zero attached hydrogens (tertiary/aromatic N) is 4. The highest BCUT2D eigenvalue weighted by atomic mass is 35.5. The molecule has 63 heavy (non-hydrogen) atoms. The first-order chi connectivity index (χ1) is 30.0. The van der Waals surface area contributed by atoms with E-state index in [2.05, 4.69) is 55.7 Å². The number of aromatic amines is 1. The van der Waals surface area contributed by atoms with Crippen molar-refractivity contribution in [1.82, 2.24) is 24.8 Å². The number of sulfonamides is 1. The number of amides is 1. The number of aliphatic hydroxyl groups is 1. The molecule has 1 aliphatic heterocycles. The molecule has 0 bridgehead atoms. The molecule has 0 radical (unpaired) electrons. The van der Waals surface area contributed by atoms with Crippen molar-refractivity contribution in [3.8, 4) is 17.4 Å². The SMILES string of the molecule is CC1(C)CCC(CN2CCN(c3ccc(C(=O)NS(=O)(=O)c4cnc(OC[C@H]5CC[C@H](C(C)(C)O)CC5)c(Cl)c4)c(Oc4cccc5[nH]ncc45)c3)CC2)=C(c2ccc(Cl)cc2)C1. The Balaban J connectivity index is 0.966. The quantitative estimate of drug-likeness (QED) is 0.104. The number of allylic oxidation sites excluding steroid dienone is 1. The number of fused-ring (bicyclic) bond motifs is 1. The number of hydrogen-bond donors (Lipinski definition) is 3. The molecule has 2 aromatic heterocycles. The van der Waals surface area contributed by atoms with Gasteiger partial charge in [0.1, 0.15) is 21.4 Å². The van der Waals surface area contributed by atoms with Crippen LogP contribution >= 0.6 is 23.2 Å². The van der Waals surface area contributed by atoms with Gasteiger partial charge in [-0.3, -0.25) is 14.8 Å². The van der Waals surface area contributed by atoms with E-state index < -0.39 is 21.5 Å². The average molecular weight is 916 g/mol. The van der Waals surface area contributed by atoms with E-state index in [1.165, 1.54) is 22.8 Å². The van der Waals surface area contributed by atoms with Gasteiger partial charge < -0.3 is 19.5 Å². The third-order valence-electron chi connectivity index (χ3n) is 13.0. The number of H-pyrrole nitrogens is 1. The monoisotopic (exact) mass is 914 g/mol. The normalized spacial score (nSPS) is 19.9. The van der Waals surface area contributed by atoms with E-state index in [0.717, 1.165) is 100 Å². The molecule has 334 valence electrons. The molecular formula is C48H56Cl2N6O6S. The maximum Gasteiger partial charge on any atom is 0.268 e. The standard InChI is InChI=1S/C48H56Cl2N6O6S/c1-47(2)19-18-33(39(26-47)32-10-14-35(49)15-11-32)29-55-20-22-56(23-21-55)36-16-17-38(44(24-36)62-43-7-5-6-42-40(43)28-52-53-42)45(57)54-63(59,60)37-25-41(50)46(51-27-37)61-30-31-8-12-34(13-9-31)48(3,4)58/h5-7,10-11,14-17,24-25,27-28,31,34,58H,8-9,12-13,18-23,26,29-30H2,1-4H3,(H,52,53)(H,54,57)/t31-,34-. The van der Waals surface area contributed by atoms with Gasteiger partial charge in [0.05, 0.1) is 41.1 Å². The number of pyridine rings is 1. The Hall–Kier alpha value is -4.66. The summed E-state index contributed by atoms with van der Waals surface area (Å²) in [5, 5.41) is 18.9. The maximum absolute atomic E-state index is 14.0. The van der Waals surface area contributed by atoms with Gasteiger partial charge in [0.25, 0.3) is 15.9 Å². The zero-order chi connectivity index (χ0) is 44.5. The third kappa shape index (κ3) is 10.7. The van der Waals surface area contributed by atoms with E-state index in [0.29, 0.717) is 17.7 Å². The zero-order valence-corrected chi connectivity index (χ0v) is 38.6. The van der Waals surface area contributed by atoms with E-state index in [1.807, 2.05) is 44.2 Å². The molecule has 8 rings (SSSR count). The van der Waals surface area contributed by atoms with Gasteiger partial charge in [0.15, 0.2) is 0 Å². The van der Waals surface area contributed by atoms with Gasteiger partial charge in [0, 0.05) is 49.5 Å². The van der Waals surface area contributed by atoms with Crippen LogP contribution in [0.3, 0.4) is 0 Å². The van der Waals surface area contributed by atoms with Gasteiger partial charge in [-0.25, -0.2) is 18.1 Å². The summed E-state index contributed by atoms with van der Waals surface area (Å²) in [6.07, 6.45) is 9.60. The largest absolute Gasteiger partial charge is 0.476 e. The predicted octanol–water partition coefficient (Wildman–Crippen LogP) is 9.92. The number of aromatic nitrogens is 3. The Morgan fingerprint density at radius 2 is 1.71 bits per heavy atom. The number of carbonyl (C=O) groups excluding carboxylic acids is 1. The van der Waals surface area contributed by atoms with E-state index in [4.69, 9.17) is 32.7 Å². The first-order valence-electron chi connectivity index (χ1n) is 21.8. The summed E-state index contributed by atoms with van der Waals surface area (Å²) in [4.78, 5) is 22.7.